The Morgan fingerprint density at radius 3 is 2.74 bits per heavy atom. The van der Waals surface area contributed by atoms with Gasteiger partial charge in [-0.1, -0.05) is 0 Å². The van der Waals surface area contributed by atoms with E-state index in [9.17, 15) is 8.94 Å². The molecule has 6 heteroatoms. The minimum Gasteiger partial charge on any atom is -0.598 e. The molecule has 2 aromatic rings. The molecule has 0 radical (unpaired) electrons. The summed E-state index contributed by atoms with van der Waals surface area (Å²) >= 11 is -1.22. The second-order valence-electron chi connectivity index (χ2n) is 5.38. The molecule has 0 aliphatic rings. The van der Waals surface area contributed by atoms with E-state index in [2.05, 4.69) is 9.71 Å². The Labute approximate surface area is 114 Å². The van der Waals surface area contributed by atoms with Crippen LogP contribution in [0.25, 0.3) is 11.1 Å². The van der Waals surface area contributed by atoms with Crippen molar-refractivity contribution in [1.82, 2.24) is 9.71 Å². The lowest BCUT2D eigenvalue weighted by Gasteiger charge is -2.25. The molecule has 1 N–H and O–H groups in total. The summed E-state index contributed by atoms with van der Waals surface area (Å²) in [5.74, 6) is 0.0458. The maximum absolute atomic E-state index is 13.1. The topological polar surface area (TPSA) is 61.1 Å². The summed E-state index contributed by atoms with van der Waals surface area (Å²) in [5.41, 5.74) is 0.983. The van der Waals surface area contributed by atoms with Gasteiger partial charge in [-0.2, -0.15) is 0 Å². The van der Waals surface area contributed by atoms with E-state index in [-0.39, 0.29) is 16.6 Å². The number of hydrogen-bond acceptors (Lipinski definition) is 4. The highest BCUT2D eigenvalue weighted by Crippen LogP contribution is 2.23. The Bertz CT molecular complexity index is 580. The molecule has 0 amide bonds. The van der Waals surface area contributed by atoms with Gasteiger partial charge in [0, 0.05) is 17.4 Å². The van der Waals surface area contributed by atoms with Crippen molar-refractivity contribution >= 4 is 22.5 Å². The van der Waals surface area contributed by atoms with E-state index in [1.54, 1.807) is 0 Å². The van der Waals surface area contributed by atoms with Gasteiger partial charge < -0.3 is 8.97 Å². The molecular formula is C13H17FN2O2S. The van der Waals surface area contributed by atoms with Crippen LogP contribution in [0.4, 0.5) is 4.39 Å². The number of hydrogen-bond donors (Lipinski definition) is 1. The largest absolute Gasteiger partial charge is 0.598 e. The molecule has 1 unspecified atom stereocenters. The SMILES string of the molecule is CC(N[S@+]([O-])C(C)(C)C)c1nc2cc(F)ccc2o1. The van der Waals surface area contributed by atoms with E-state index in [1.165, 1.54) is 18.2 Å². The Kier molecular flexibility index (Phi) is 3.85. The molecule has 2 rings (SSSR count). The fourth-order valence-electron chi connectivity index (χ4n) is 1.49. The highest BCUT2D eigenvalue weighted by Gasteiger charge is 2.29. The average Bonchev–Trinajstić information content (AvgIpc) is 2.70. The summed E-state index contributed by atoms with van der Waals surface area (Å²) < 4.78 is 33.1. The quantitative estimate of drug-likeness (QED) is 0.880. The van der Waals surface area contributed by atoms with Crippen molar-refractivity contribution in [1.29, 1.82) is 0 Å². The first-order valence-corrected chi connectivity index (χ1v) is 7.16. The number of aromatic nitrogens is 1. The van der Waals surface area contributed by atoms with Crippen molar-refractivity contribution in [2.75, 3.05) is 0 Å². The maximum atomic E-state index is 13.1. The van der Waals surface area contributed by atoms with Crippen molar-refractivity contribution in [2.45, 2.75) is 38.5 Å². The van der Waals surface area contributed by atoms with Gasteiger partial charge in [-0.15, -0.1) is 4.72 Å². The minimum atomic E-state index is -1.22. The van der Waals surface area contributed by atoms with E-state index in [4.69, 9.17) is 4.42 Å². The molecule has 19 heavy (non-hydrogen) atoms. The fraction of sp³-hybridized carbons (Fsp3) is 0.462. The van der Waals surface area contributed by atoms with E-state index >= 15 is 0 Å². The third-order valence-corrected chi connectivity index (χ3v) is 4.26. The number of benzene rings is 1. The van der Waals surface area contributed by atoms with Crippen LogP contribution in [-0.2, 0) is 11.4 Å². The highest BCUT2D eigenvalue weighted by atomic mass is 32.2. The Morgan fingerprint density at radius 2 is 2.11 bits per heavy atom. The molecule has 4 nitrogen and oxygen atoms in total. The summed E-state index contributed by atoms with van der Waals surface area (Å²) in [4.78, 5) is 4.20. The fourth-order valence-corrected chi connectivity index (χ4v) is 2.27. The van der Waals surface area contributed by atoms with Crippen molar-refractivity contribution in [3.8, 4) is 0 Å². The summed E-state index contributed by atoms with van der Waals surface area (Å²) in [5, 5.41) is 0. The van der Waals surface area contributed by atoms with Crippen molar-refractivity contribution in [3.63, 3.8) is 0 Å². The molecule has 0 fully saturated rings. The van der Waals surface area contributed by atoms with Crippen LogP contribution >= 0.6 is 0 Å². The third-order valence-electron chi connectivity index (χ3n) is 2.58. The van der Waals surface area contributed by atoms with Gasteiger partial charge in [-0.05, 0) is 39.8 Å². The molecular weight excluding hydrogens is 267 g/mol. The van der Waals surface area contributed by atoms with Crippen molar-refractivity contribution < 1.29 is 13.4 Å². The highest BCUT2D eigenvalue weighted by molar-refractivity contribution is 7.90. The second-order valence-corrected chi connectivity index (χ2v) is 7.38. The average molecular weight is 284 g/mol. The molecule has 0 spiro atoms. The van der Waals surface area contributed by atoms with E-state index < -0.39 is 11.4 Å². The van der Waals surface area contributed by atoms with Gasteiger partial charge in [0.05, 0.1) is 0 Å². The van der Waals surface area contributed by atoms with E-state index in [0.29, 0.717) is 17.0 Å². The summed E-state index contributed by atoms with van der Waals surface area (Å²) in [6.45, 7) is 7.45. The number of nitrogens with zero attached hydrogens (tertiary/aromatic N) is 1. The van der Waals surface area contributed by atoms with Gasteiger partial charge in [0.25, 0.3) is 0 Å². The first kappa shape index (κ1) is 14.3. The van der Waals surface area contributed by atoms with Crippen LogP contribution in [0.2, 0.25) is 0 Å². The maximum Gasteiger partial charge on any atom is 0.216 e. The minimum absolute atomic E-state index is 0.310. The molecule has 2 atom stereocenters. The zero-order valence-corrected chi connectivity index (χ0v) is 12.2. The zero-order chi connectivity index (χ0) is 14.2. The van der Waals surface area contributed by atoms with Gasteiger partial charge in [-0.25, -0.2) is 9.37 Å². The van der Waals surface area contributed by atoms with Crippen LogP contribution in [0, 0.1) is 5.82 Å². The van der Waals surface area contributed by atoms with Gasteiger partial charge in [0.2, 0.25) is 5.89 Å². The summed E-state index contributed by atoms with van der Waals surface area (Å²) in [6, 6.07) is 3.86. The summed E-state index contributed by atoms with van der Waals surface area (Å²) in [7, 11) is 0. The summed E-state index contributed by atoms with van der Waals surface area (Å²) in [6.07, 6.45) is 0. The molecule has 0 aliphatic carbocycles. The van der Waals surface area contributed by atoms with Crippen LogP contribution in [0.3, 0.4) is 0 Å². The van der Waals surface area contributed by atoms with E-state index in [0.717, 1.165) is 0 Å². The van der Waals surface area contributed by atoms with Crippen molar-refractivity contribution in [3.05, 3.63) is 29.9 Å². The molecule has 1 heterocycles. The van der Waals surface area contributed by atoms with Gasteiger partial charge in [0.15, 0.2) is 5.58 Å². The first-order valence-electron chi connectivity index (χ1n) is 6.01. The third kappa shape index (κ3) is 3.26. The molecule has 1 aromatic heterocycles. The molecule has 0 saturated carbocycles. The number of oxazole rings is 1. The molecule has 0 saturated heterocycles. The van der Waals surface area contributed by atoms with Crippen LogP contribution in [0.5, 0.6) is 0 Å². The Hall–Kier alpha value is -1.11. The molecule has 0 aliphatic heterocycles. The number of nitrogens with one attached hydrogen (secondary N) is 1. The first-order chi connectivity index (χ1) is 8.77. The van der Waals surface area contributed by atoms with Crippen LogP contribution in [0.1, 0.15) is 39.6 Å². The lowest BCUT2D eigenvalue weighted by Crippen LogP contribution is -2.40. The number of fused-ring (bicyclic) bond motifs is 1. The Balaban J connectivity index is 2.20. The predicted molar refractivity (Wildman–Crippen MR) is 73.4 cm³/mol. The van der Waals surface area contributed by atoms with Crippen LogP contribution < -0.4 is 4.72 Å². The van der Waals surface area contributed by atoms with Gasteiger partial charge >= 0.3 is 0 Å². The predicted octanol–water partition coefficient (Wildman–Crippen LogP) is 3.08. The lowest BCUT2D eigenvalue weighted by atomic mass is 10.3. The number of halogens is 1. The van der Waals surface area contributed by atoms with Crippen LogP contribution in [0.15, 0.2) is 22.6 Å². The van der Waals surface area contributed by atoms with E-state index in [1.807, 2.05) is 27.7 Å². The van der Waals surface area contributed by atoms with Crippen molar-refractivity contribution in [2.24, 2.45) is 0 Å². The molecule has 0 bridgehead atoms. The monoisotopic (exact) mass is 284 g/mol. The zero-order valence-electron chi connectivity index (χ0n) is 11.4. The van der Waals surface area contributed by atoms with Gasteiger partial charge in [0.1, 0.15) is 22.1 Å². The normalized spacial score (nSPS) is 15.7. The smallest absolute Gasteiger partial charge is 0.216 e. The second kappa shape index (κ2) is 5.11. The standard InChI is InChI=1S/C13H17FN2O2S/c1-8(16-19(17)13(2,3)4)12-15-10-7-9(14)5-6-11(10)18-12/h5-8,16H,1-4H3/t8?,19-/m1/s1. The van der Waals surface area contributed by atoms with Crippen LogP contribution in [-0.4, -0.2) is 14.3 Å². The molecule has 104 valence electrons. The van der Waals surface area contributed by atoms with Gasteiger partial charge in [-0.3, -0.25) is 0 Å². The Morgan fingerprint density at radius 1 is 1.42 bits per heavy atom. The number of rotatable bonds is 3. The molecule has 1 aromatic carbocycles. The lowest BCUT2D eigenvalue weighted by molar-refractivity contribution is 0.460.